The first-order valence-corrected chi connectivity index (χ1v) is 12.9. The molecule has 0 saturated carbocycles. The summed E-state index contributed by atoms with van der Waals surface area (Å²) in [6.07, 6.45) is -0.576. The average molecular weight is 582 g/mol. The van der Waals surface area contributed by atoms with Crippen LogP contribution in [-0.2, 0) is 35.0 Å². The molecule has 1 aliphatic rings. The van der Waals surface area contributed by atoms with Crippen molar-refractivity contribution in [1.29, 1.82) is 0 Å². The Morgan fingerprint density at radius 1 is 1.16 bits per heavy atom. The Morgan fingerprint density at radius 2 is 1.86 bits per heavy atom. The Morgan fingerprint density at radius 3 is 2.54 bits per heavy atom. The lowest BCUT2D eigenvalue weighted by Gasteiger charge is -2.27. The van der Waals surface area contributed by atoms with E-state index in [0.29, 0.717) is 48.7 Å². The molecule has 2 heterocycles. The number of hydrogen-bond acceptors (Lipinski definition) is 9. The standard InChI is InChI=1S/C26H32BrNO9/c1-17(25(31)28-21(16-35-26(28)32)19-7-4-3-5-8-19)24(36-18(2)30)23-15-20(27)22(37-23)9-6-11-33-13-14-34-12-10-29/h3-5,7-8,15,17,21,24,29H,6,9-14,16H2,1-2H3/t17-,21+,24-/m0/s1. The van der Waals surface area contributed by atoms with Gasteiger partial charge in [0.15, 0.2) is 6.10 Å². The predicted molar refractivity (Wildman–Crippen MR) is 135 cm³/mol. The Hall–Kier alpha value is -2.73. The van der Waals surface area contributed by atoms with Crippen LogP contribution >= 0.6 is 15.9 Å². The Kier molecular flexibility index (Phi) is 11.1. The van der Waals surface area contributed by atoms with Crippen LogP contribution in [0.4, 0.5) is 4.79 Å². The summed E-state index contributed by atoms with van der Waals surface area (Å²) in [5.74, 6) is -1.13. The molecular weight excluding hydrogens is 550 g/mol. The van der Waals surface area contributed by atoms with Gasteiger partial charge < -0.3 is 28.5 Å². The number of amides is 2. The molecule has 0 aliphatic carbocycles. The smallest absolute Gasteiger partial charge is 0.417 e. The Bertz CT molecular complexity index is 1040. The van der Waals surface area contributed by atoms with Gasteiger partial charge in [-0.3, -0.25) is 9.59 Å². The minimum atomic E-state index is -1.04. The number of cyclic esters (lactones) is 1. The molecule has 1 aromatic heterocycles. The molecular formula is C26H32BrNO9. The van der Waals surface area contributed by atoms with Gasteiger partial charge in [0, 0.05) is 20.0 Å². The van der Waals surface area contributed by atoms with Crippen molar-refractivity contribution in [1.82, 2.24) is 4.90 Å². The monoisotopic (exact) mass is 581 g/mol. The molecule has 3 atom stereocenters. The third-order valence-electron chi connectivity index (χ3n) is 5.79. The van der Waals surface area contributed by atoms with Gasteiger partial charge in [0.05, 0.1) is 36.8 Å². The Balaban J connectivity index is 1.68. The molecule has 0 radical (unpaired) electrons. The largest absolute Gasteiger partial charge is 0.461 e. The molecule has 37 heavy (non-hydrogen) atoms. The predicted octanol–water partition coefficient (Wildman–Crippen LogP) is 3.96. The topological polar surface area (TPSA) is 125 Å². The van der Waals surface area contributed by atoms with Crippen LogP contribution in [0.5, 0.6) is 0 Å². The van der Waals surface area contributed by atoms with Crippen LogP contribution < -0.4 is 0 Å². The first-order valence-electron chi connectivity index (χ1n) is 12.1. The lowest BCUT2D eigenvalue weighted by atomic mass is 9.98. The Labute approximate surface area is 223 Å². The summed E-state index contributed by atoms with van der Waals surface area (Å²) in [5, 5.41) is 8.69. The fourth-order valence-electron chi connectivity index (χ4n) is 3.98. The highest BCUT2D eigenvalue weighted by atomic mass is 79.9. The molecule has 1 fully saturated rings. The van der Waals surface area contributed by atoms with E-state index in [1.54, 1.807) is 13.0 Å². The highest BCUT2D eigenvalue weighted by Gasteiger charge is 2.44. The zero-order valence-corrected chi connectivity index (χ0v) is 22.5. The van der Waals surface area contributed by atoms with Gasteiger partial charge in [-0.2, -0.15) is 0 Å². The van der Waals surface area contributed by atoms with Gasteiger partial charge in [-0.05, 0) is 40.9 Å². The van der Waals surface area contributed by atoms with Crippen molar-refractivity contribution in [3.63, 3.8) is 0 Å². The van der Waals surface area contributed by atoms with Gasteiger partial charge in [-0.25, -0.2) is 9.69 Å². The first-order chi connectivity index (χ1) is 17.8. The van der Waals surface area contributed by atoms with Gasteiger partial charge in [-0.1, -0.05) is 30.3 Å². The molecule has 0 unspecified atom stereocenters. The second-order valence-electron chi connectivity index (χ2n) is 8.50. The SMILES string of the molecule is CC(=O)O[C@H](c1cc(Br)c(CCCOCCOCCO)o1)[C@H](C)C(=O)N1C(=O)OC[C@@H]1c1ccccc1. The number of rotatable bonds is 14. The van der Waals surface area contributed by atoms with E-state index in [9.17, 15) is 14.4 Å². The minimum Gasteiger partial charge on any atom is -0.461 e. The number of halogens is 1. The van der Waals surface area contributed by atoms with Gasteiger partial charge >= 0.3 is 12.1 Å². The molecule has 2 amide bonds. The van der Waals surface area contributed by atoms with Gasteiger partial charge in [0.25, 0.3) is 0 Å². The summed E-state index contributed by atoms with van der Waals surface area (Å²) in [4.78, 5) is 39.0. The van der Waals surface area contributed by atoms with E-state index in [1.165, 1.54) is 6.92 Å². The third kappa shape index (κ3) is 7.88. The van der Waals surface area contributed by atoms with Crippen LogP contribution in [0.2, 0.25) is 0 Å². The summed E-state index contributed by atoms with van der Waals surface area (Å²) >= 11 is 3.48. The third-order valence-corrected chi connectivity index (χ3v) is 6.46. The molecule has 202 valence electrons. The quantitative estimate of drug-likeness (QED) is 0.260. The van der Waals surface area contributed by atoms with Crippen molar-refractivity contribution in [3.8, 4) is 0 Å². The minimum absolute atomic E-state index is 0.0247. The number of benzene rings is 1. The molecule has 1 aliphatic heterocycles. The number of aryl methyl sites for hydroxylation is 1. The van der Waals surface area contributed by atoms with Crippen molar-refractivity contribution in [2.45, 2.75) is 38.8 Å². The van der Waals surface area contributed by atoms with Crippen molar-refractivity contribution in [2.24, 2.45) is 5.92 Å². The normalized spacial score (nSPS) is 16.9. The van der Waals surface area contributed by atoms with Crippen LogP contribution in [0.15, 0.2) is 45.3 Å². The molecule has 0 bridgehead atoms. The number of imide groups is 1. The molecule has 1 aromatic carbocycles. The van der Waals surface area contributed by atoms with Crippen molar-refractivity contribution in [3.05, 3.63) is 58.0 Å². The number of carbonyl (C=O) groups excluding carboxylic acids is 3. The molecule has 1 saturated heterocycles. The van der Waals surface area contributed by atoms with E-state index in [0.717, 1.165) is 10.5 Å². The second kappa shape index (κ2) is 14.3. The van der Waals surface area contributed by atoms with E-state index in [-0.39, 0.29) is 19.8 Å². The van der Waals surface area contributed by atoms with Crippen molar-refractivity contribution in [2.75, 3.05) is 39.6 Å². The number of furan rings is 1. The molecule has 2 aromatic rings. The maximum atomic E-state index is 13.5. The number of ether oxygens (including phenoxy) is 4. The number of esters is 1. The van der Waals surface area contributed by atoms with Gasteiger partial charge in [0.1, 0.15) is 24.2 Å². The summed E-state index contributed by atoms with van der Waals surface area (Å²) < 4.78 is 28.0. The van der Waals surface area contributed by atoms with Gasteiger partial charge in [-0.15, -0.1) is 0 Å². The number of carbonyl (C=O) groups is 3. The second-order valence-corrected chi connectivity index (χ2v) is 9.36. The van der Waals surface area contributed by atoms with Gasteiger partial charge in [0.2, 0.25) is 5.91 Å². The molecule has 10 nitrogen and oxygen atoms in total. The van der Waals surface area contributed by atoms with Crippen LogP contribution in [-0.4, -0.2) is 67.6 Å². The lowest BCUT2D eigenvalue weighted by Crippen LogP contribution is -2.40. The van der Waals surface area contributed by atoms with E-state index in [4.69, 9.17) is 28.5 Å². The highest BCUT2D eigenvalue weighted by molar-refractivity contribution is 9.10. The van der Waals surface area contributed by atoms with E-state index >= 15 is 0 Å². The number of aliphatic hydroxyl groups excluding tert-OH is 1. The molecule has 11 heteroatoms. The van der Waals surface area contributed by atoms with Crippen molar-refractivity contribution < 1.29 is 42.9 Å². The zero-order chi connectivity index (χ0) is 26.8. The molecule has 3 rings (SSSR count). The van der Waals surface area contributed by atoms with Crippen molar-refractivity contribution >= 4 is 33.9 Å². The number of nitrogens with zero attached hydrogens (tertiary/aromatic N) is 1. The van der Waals surface area contributed by atoms with E-state index < -0.39 is 36.0 Å². The summed E-state index contributed by atoms with van der Waals surface area (Å²) in [7, 11) is 0. The fraction of sp³-hybridized carbons (Fsp3) is 0.500. The summed E-state index contributed by atoms with van der Waals surface area (Å²) in [5.41, 5.74) is 0.767. The molecule has 1 N–H and O–H groups in total. The van der Waals surface area contributed by atoms with E-state index in [2.05, 4.69) is 15.9 Å². The van der Waals surface area contributed by atoms with Crippen LogP contribution in [0.25, 0.3) is 0 Å². The van der Waals surface area contributed by atoms with E-state index in [1.807, 2.05) is 30.3 Å². The maximum Gasteiger partial charge on any atom is 0.417 e. The zero-order valence-electron chi connectivity index (χ0n) is 20.9. The summed E-state index contributed by atoms with van der Waals surface area (Å²) in [6, 6.07) is 10.2. The highest BCUT2D eigenvalue weighted by Crippen LogP contribution is 2.36. The fourth-order valence-corrected chi connectivity index (χ4v) is 4.48. The maximum absolute atomic E-state index is 13.5. The number of aliphatic hydroxyl groups is 1. The first kappa shape index (κ1) is 28.8. The van der Waals surface area contributed by atoms with Crippen LogP contribution in [0, 0.1) is 5.92 Å². The average Bonchev–Trinajstić information content (AvgIpc) is 3.45. The number of hydrogen-bond donors (Lipinski definition) is 1. The van der Waals surface area contributed by atoms with Crippen LogP contribution in [0.3, 0.4) is 0 Å². The lowest BCUT2D eigenvalue weighted by molar-refractivity contribution is -0.154. The summed E-state index contributed by atoms with van der Waals surface area (Å²) in [6.45, 7) is 4.44. The molecule has 0 spiro atoms. The van der Waals surface area contributed by atoms with Crippen LogP contribution in [0.1, 0.15) is 49.5 Å².